The van der Waals surface area contributed by atoms with Gasteiger partial charge in [-0.25, -0.2) is 14.6 Å². The van der Waals surface area contributed by atoms with Crippen LogP contribution in [0.25, 0.3) is 33.3 Å². The fourth-order valence-corrected chi connectivity index (χ4v) is 5.53. The van der Waals surface area contributed by atoms with E-state index >= 15 is 0 Å². The third kappa shape index (κ3) is 4.13. The fourth-order valence-electron chi connectivity index (χ4n) is 5.38. The number of aryl methyl sites for hydroxylation is 3. The Balaban J connectivity index is 1.48. The molecule has 1 saturated heterocycles. The summed E-state index contributed by atoms with van der Waals surface area (Å²) in [5.41, 5.74) is 3.85. The highest BCUT2D eigenvalue weighted by Crippen LogP contribution is 2.35. The van der Waals surface area contributed by atoms with Crippen LogP contribution in [0.4, 0.5) is 5.69 Å². The number of fused-ring (bicyclic) bond motifs is 3. The Morgan fingerprint density at radius 2 is 1.95 bits per heavy atom. The molecule has 1 N–H and O–H groups in total. The van der Waals surface area contributed by atoms with Crippen LogP contribution < -0.4 is 10.9 Å². The maximum absolute atomic E-state index is 13.7. The summed E-state index contributed by atoms with van der Waals surface area (Å²) in [6, 6.07) is 7.41. The predicted molar refractivity (Wildman–Crippen MR) is 150 cm³/mol. The van der Waals surface area contributed by atoms with Crippen LogP contribution >= 0.6 is 11.6 Å². The van der Waals surface area contributed by atoms with Gasteiger partial charge in [0.15, 0.2) is 0 Å². The van der Waals surface area contributed by atoms with Crippen molar-refractivity contribution in [2.75, 3.05) is 18.4 Å². The molecule has 1 fully saturated rings. The van der Waals surface area contributed by atoms with Crippen molar-refractivity contribution in [3.63, 3.8) is 0 Å². The number of aromatic nitrogens is 7. The normalized spacial score (nSPS) is 14.7. The number of likely N-dealkylation sites (tertiary alicyclic amines) is 1. The van der Waals surface area contributed by atoms with E-state index in [2.05, 4.69) is 26.4 Å². The molecule has 0 radical (unpaired) electrons. The first-order valence-corrected chi connectivity index (χ1v) is 13.0. The lowest BCUT2D eigenvalue weighted by Crippen LogP contribution is -2.50. The predicted octanol–water partition coefficient (Wildman–Crippen LogP) is 3.62. The molecule has 1 aromatic carbocycles. The van der Waals surface area contributed by atoms with Crippen LogP contribution in [0.3, 0.4) is 0 Å². The van der Waals surface area contributed by atoms with Crippen molar-refractivity contribution >= 4 is 45.0 Å². The summed E-state index contributed by atoms with van der Waals surface area (Å²) in [6.07, 6.45) is 3.44. The minimum absolute atomic E-state index is 0.0208. The zero-order valence-electron chi connectivity index (χ0n) is 22.3. The molecule has 0 saturated carbocycles. The van der Waals surface area contributed by atoms with Gasteiger partial charge in [0.1, 0.15) is 22.8 Å². The summed E-state index contributed by atoms with van der Waals surface area (Å²) in [5.74, 6) is 0.498. The van der Waals surface area contributed by atoms with Crippen LogP contribution in [0.15, 0.2) is 41.6 Å². The standard InChI is InChI=1S/C27H28ClN9O2/c1-14-8-18(15(2)31-21-6-7-22(28)32-24(21)25-29-13-34(4)33-25)23-19(9-14)27(39)35(5)26-20(23)10-30-37(26)17-11-36(12-17)16(3)38/h6-10,13,15,17,31H,11-12H2,1-5H3. The second kappa shape index (κ2) is 9.19. The molecule has 4 aromatic heterocycles. The number of anilines is 1. The number of nitrogens with zero attached hydrogens (tertiary/aromatic N) is 8. The molecule has 1 unspecified atom stereocenters. The first-order valence-electron chi connectivity index (χ1n) is 12.7. The molecule has 6 rings (SSSR count). The van der Waals surface area contributed by atoms with Crippen molar-refractivity contribution in [3.8, 4) is 11.5 Å². The number of pyridine rings is 2. The Labute approximate surface area is 229 Å². The summed E-state index contributed by atoms with van der Waals surface area (Å²) >= 11 is 6.23. The molecule has 1 aliphatic heterocycles. The quantitative estimate of drug-likeness (QED) is 0.335. The van der Waals surface area contributed by atoms with Gasteiger partial charge in [-0.05, 0) is 43.2 Å². The number of rotatable bonds is 5. The van der Waals surface area contributed by atoms with Crippen LogP contribution in [0, 0.1) is 6.92 Å². The highest BCUT2D eigenvalue weighted by molar-refractivity contribution is 6.29. The number of hydrogen-bond donors (Lipinski definition) is 1. The summed E-state index contributed by atoms with van der Waals surface area (Å²) < 4.78 is 5.16. The second-order valence-corrected chi connectivity index (χ2v) is 10.6. The van der Waals surface area contributed by atoms with E-state index in [9.17, 15) is 9.59 Å². The van der Waals surface area contributed by atoms with Gasteiger partial charge in [0.25, 0.3) is 5.56 Å². The molecule has 200 valence electrons. The van der Waals surface area contributed by atoms with Gasteiger partial charge in [-0.15, -0.1) is 5.10 Å². The number of amides is 1. The topological polar surface area (TPSA) is 116 Å². The van der Waals surface area contributed by atoms with Crippen molar-refractivity contribution in [1.29, 1.82) is 0 Å². The lowest BCUT2D eigenvalue weighted by Gasteiger charge is -2.38. The number of hydrogen-bond acceptors (Lipinski definition) is 7. The van der Waals surface area contributed by atoms with Gasteiger partial charge in [-0.1, -0.05) is 17.7 Å². The minimum atomic E-state index is -0.214. The lowest BCUT2D eigenvalue weighted by atomic mass is 9.95. The number of halogens is 1. The highest BCUT2D eigenvalue weighted by atomic mass is 35.5. The van der Waals surface area contributed by atoms with E-state index in [4.69, 9.17) is 16.7 Å². The van der Waals surface area contributed by atoms with Gasteiger partial charge in [0.05, 0.1) is 17.9 Å². The number of carbonyl (C=O) groups excluding carboxylic acids is 1. The van der Waals surface area contributed by atoms with Gasteiger partial charge < -0.3 is 10.2 Å². The SMILES string of the molecule is CC(=O)N1CC(n2ncc3c4c(C(C)Nc5ccc(Cl)nc5-c5ncn(C)n5)cc(C)cc4c(=O)n(C)c32)C1. The molecule has 0 spiro atoms. The van der Waals surface area contributed by atoms with Gasteiger partial charge in [-0.3, -0.25) is 18.8 Å². The largest absolute Gasteiger partial charge is 0.377 e. The highest BCUT2D eigenvalue weighted by Gasteiger charge is 2.33. The molecular weight excluding hydrogens is 518 g/mol. The average Bonchev–Trinajstić information content (AvgIpc) is 3.48. The Kier molecular flexibility index (Phi) is 5.91. The molecule has 1 amide bonds. The molecule has 5 heterocycles. The van der Waals surface area contributed by atoms with Crippen molar-refractivity contribution in [2.24, 2.45) is 14.1 Å². The summed E-state index contributed by atoms with van der Waals surface area (Å²) in [5, 5.41) is 15.4. The smallest absolute Gasteiger partial charge is 0.259 e. The van der Waals surface area contributed by atoms with Crippen LogP contribution in [-0.2, 0) is 18.9 Å². The molecule has 1 aliphatic rings. The van der Waals surface area contributed by atoms with Gasteiger partial charge in [0.2, 0.25) is 11.7 Å². The fraction of sp³-hybridized carbons (Fsp3) is 0.333. The summed E-state index contributed by atoms with van der Waals surface area (Å²) in [4.78, 5) is 36.0. The van der Waals surface area contributed by atoms with E-state index < -0.39 is 0 Å². The maximum atomic E-state index is 13.7. The van der Waals surface area contributed by atoms with E-state index in [0.717, 1.165) is 33.2 Å². The molecule has 5 aromatic rings. The first kappa shape index (κ1) is 25.1. The van der Waals surface area contributed by atoms with Gasteiger partial charge >= 0.3 is 0 Å². The van der Waals surface area contributed by atoms with E-state index in [1.165, 1.54) is 0 Å². The van der Waals surface area contributed by atoms with Crippen LogP contribution in [0.2, 0.25) is 5.15 Å². The molecule has 0 bridgehead atoms. The zero-order valence-corrected chi connectivity index (χ0v) is 23.1. The number of benzene rings is 1. The van der Waals surface area contributed by atoms with Crippen molar-refractivity contribution in [1.82, 2.24) is 39.0 Å². The summed E-state index contributed by atoms with van der Waals surface area (Å²) in [7, 11) is 3.57. The van der Waals surface area contributed by atoms with Crippen molar-refractivity contribution in [2.45, 2.75) is 32.9 Å². The molecule has 1 atom stereocenters. The van der Waals surface area contributed by atoms with E-state index in [-0.39, 0.29) is 23.6 Å². The zero-order chi connectivity index (χ0) is 27.6. The van der Waals surface area contributed by atoms with Crippen LogP contribution in [-0.4, -0.2) is 58.0 Å². The van der Waals surface area contributed by atoms with E-state index in [0.29, 0.717) is 35.1 Å². The molecule has 11 nitrogen and oxygen atoms in total. The third-order valence-corrected chi connectivity index (χ3v) is 7.58. The maximum Gasteiger partial charge on any atom is 0.259 e. The monoisotopic (exact) mass is 545 g/mol. The molecule has 39 heavy (non-hydrogen) atoms. The Bertz CT molecular complexity index is 1830. The van der Waals surface area contributed by atoms with Crippen LogP contribution in [0.1, 0.15) is 37.1 Å². The molecule has 12 heteroatoms. The van der Waals surface area contributed by atoms with Crippen molar-refractivity contribution in [3.05, 3.63) is 63.4 Å². The van der Waals surface area contributed by atoms with Gasteiger partial charge in [-0.2, -0.15) is 5.10 Å². The number of nitrogens with one attached hydrogen (secondary N) is 1. The Morgan fingerprint density at radius 1 is 1.18 bits per heavy atom. The summed E-state index contributed by atoms with van der Waals surface area (Å²) in [6.45, 7) is 6.74. The van der Waals surface area contributed by atoms with Crippen molar-refractivity contribution < 1.29 is 4.79 Å². The Morgan fingerprint density at radius 3 is 2.64 bits per heavy atom. The minimum Gasteiger partial charge on any atom is -0.377 e. The molecular formula is C27H28ClN9O2. The lowest BCUT2D eigenvalue weighted by molar-refractivity contribution is -0.134. The molecule has 0 aliphatic carbocycles. The number of carbonyl (C=O) groups is 1. The van der Waals surface area contributed by atoms with E-state index in [1.807, 2.05) is 36.9 Å². The van der Waals surface area contributed by atoms with Crippen LogP contribution in [0.5, 0.6) is 0 Å². The van der Waals surface area contributed by atoms with Gasteiger partial charge in [0, 0.05) is 56.3 Å². The second-order valence-electron chi connectivity index (χ2n) is 10.2. The third-order valence-electron chi connectivity index (χ3n) is 7.37. The average molecular weight is 546 g/mol. The first-order chi connectivity index (χ1) is 18.6. The van der Waals surface area contributed by atoms with E-state index in [1.54, 1.807) is 47.6 Å². The Hall–Kier alpha value is -4.25.